The minimum absolute atomic E-state index is 0.0222. The Hall–Kier alpha value is -0.590. The lowest BCUT2D eigenvalue weighted by Gasteiger charge is -2.06. The second-order valence-electron chi connectivity index (χ2n) is 4.50. The zero-order chi connectivity index (χ0) is 13.6. The Morgan fingerprint density at radius 1 is 1.28 bits per heavy atom. The molecular weight excluding hydrogens is 263 g/mol. The third-order valence-corrected chi connectivity index (χ3v) is 3.14. The predicted molar refractivity (Wildman–Crippen MR) is 66.6 cm³/mol. The summed E-state index contributed by atoms with van der Waals surface area (Å²) in [5.41, 5.74) is 0. The summed E-state index contributed by atoms with van der Waals surface area (Å²) in [5.74, 6) is 0.583. The van der Waals surface area contributed by atoms with Crippen molar-refractivity contribution in [2.45, 2.75) is 33.2 Å². The Kier molecular flexibility index (Phi) is 6.11. The van der Waals surface area contributed by atoms with Gasteiger partial charge in [-0.2, -0.15) is 13.2 Å². The monoisotopic (exact) mass is 281 g/mol. The van der Waals surface area contributed by atoms with E-state index in [4.69, 9.17) is 0 Å². The molecule has 0 saturated carbocycles. The molecule has 1 N–H and O–H groups in total. The fourth-order valence-electron chi connectivity index (χ4n) is 1.35. The van der Waals surface area contributed by atoms with Gasteiger partial charge in [0, 0.05) is 16.3 Å². The van der Waals surface area contributed by atoms with Crippen LogP contribution in [0.25, 0.3) is 0 Å². The molecule has 0 radical (unpaired) electrons. The Labute approximate surface area is 109 Å². The van der Waals surface area contributed by atoms with Gasteiger partial charge in [-0.05, 0) is 24.6 Å². The van der Waals surface area contributed by atoms with Gasteiger partial charge in [0.2, 0.25) is 0 Å². The summed E-state index contributed by atoms with van der Waals surface area (Å²) in [7, 11) is 0. The standard InChI is InChI=1S/C12H18F3NOS/c1-9(2)5-16-6-10-3-4-11(18-10)7-17-8-12(13,14)15/h3-4,9,16H,5-8H2,1-2H3. The highest BCUT2D eigenvalue weighted by atomic mass is 32.1. The minimum atomic E-state index is -4.25. The molecule has 0 atom stereocenters. The van der Waals surface area contributed by atoms with Gasteiger partial charge in [-0.15, -0.1) is 11.3 Å². The third-order valence-electron chi connectivity index (χ3n) is 2.08. The van der Waals surface area contributed by atoms with Crippen LogP contribution in [-0.2, 0) is 17.9 Å². The number of ether oxygens (including phenoxy) is 1. The molecule has 0 bridgehead atoms. The molecule has 1 aromatic heterocycles. The molecule has 2 nitrogen and oxygen atoms in total. The molecule has 0 aliphatic heterocycles. The number of nitrogens with one attached hydrogen (secondary N) is 1. The Morgan fingerprint density at radius 2 is 1.94 bits per heavy atom. The lowest BCUT2D eigenvalue weighted by atomic mass is 10.2. The molecule has 1 rings (SSSR count). The van der Waals surface area contributed by atoms with Gasteiger partial charge in [0.05, 0.1) is 6.61 Å². The number of rotatable bonds is 7. The van der Waals surface area contributed by atoms with Crippen LogP contribution in [0.1, 0.15) is 23.6 Å². The summed E-state index contributed by atoms with van der Waals surface area (Å²) in [4.78, 5) is 1.93. The summed E-state index contributed by atoms with van der Waals surface area (Å²) < 4.78 is 40.2. The molecule has 18 heavy (non-hydrogen) atoms. The summed E-state index contributed by atoms with van der Waals surface area (Å²) in [6, 6.07) is 3.73. The largest absolute Gasteiger partial charge is 0.411 e. The maximum absolute atomic E-state index is 11.9. The topological polar surface area (TPSA) is 21.3 Å². The zero-order valence-electron chi connectivity index (χ0n) is 10.5. The van der Waals surface area contributed by atoms with E-state index >= 15 is 0 Å². The first-order chi connectivity index (χ1) is 8.37. The SMILES string of the molecule is CC(C)CNCc1ccc(COCC(F)(F)F)s1. The molecule has 0 spiro atoms. The number of alkyl halides is 3. The fourth-order valence-corrected chi connectivity index (χ4v) is 2.27. The molecule has 0 saturated heterocycles. The molecule has 0 aliphatic rings. The van der Waals surface area contributed by atoms with Gasteiger partial charge < -0.3 is 10.1 Å². The van der Waals surface area contributed by atoms with Crippen molar-refractivity contribution in [3.05, 3.63) is 21.9 Å². The van der Waals surface area contributed by atoms with Crippen molar-refractivity contribution in [1.82, 2.24) is 5.32 Å². The summed E-state index contributed by atoms with van der Waals surface area (Å²) >= 11 is 1.48. The molecule has 0 amide bonds. The van der Waals surface area contributed by atoms with E-state index in [0.29, 0.717) is 5.92 Å². The molecule has 0 aliphatic carbocycles. The molecule has 0 unspecified atom stereocenters. The van der Waals surface area contributed by atoms with Crippen LogP contribution >= 0.6 is 11.3 Å². The van der Waals surface area contributed by atoms with Crippen molar-refractivity contribution < 1.29 is 17.9 Å². The van der Waals surface area contributed by atoms with Crippen LogP contribution < -0.4 is 5.32 Å². The van der Waals surface area contributed by atoms with Crippen molar-refractivity contribution in [2.24, 2.45) is 5.92 Å². The Morgan fingerprint density at radius 3 is 2.56 bits per heavy atom. The van der Waals surface area contributed by atoms with Crippen molar-refractivity contribution in [3.63, 3.8) is 0 Å². The average molecular weight is 281 g/mol. The van der Waals surface area contributed by atoms with Crippen LogP contribution in [0.3, 0.4) is 0 Å². The smallest absolute Gasteiger partial charge is 0.367 e. The van der Waals surface area contributed by atoms with Crippen LogP contribution in [0.4, 0.5) is 13.2 Å². The molecular formula is C12H18F3NOS. The van der Waals surface area contributed by atoms with Gasteiger partial charge >= 0.3 is 6.18 Å². The van der Waals surface area contributed by atoms with Crippen molar-refractivity contribution in [1.29, 1.82) is 0 Å². The number of thiophene rings is 1. The van der Waals surface area contributed by atoms with E-state index in [1.165, 1.54) is 11.3 Å². The first kappa shape index (κ1) is 15.5. The van der Waals surface area contributed by atoms with E-state index < -0.39 is 12.8 Å². The lowest BCUT2D eigenvalue weighted by molar-refractivity contribution is -0.176. The zero-order valence-corrected chi connectivity index (χ0v) is 11.3. The van der Waals surface area contributed by atoms with Crippen LogP contribution in [-0.4, -0.2) is 19.3 Å². The first-order valence-corrected chi connectivity index (χ1v) is 6.61. The molecule has 1 aromatic rings. The number of hydrogen-bond acceptors (Lipinski definition) is 3. The molecule has 1 heterocycles. The van der Waals surface area contributed by atoms with Crippen LogP contribution in [0.5, 0.6) is 0 Å². The van der Waals surface area contributed by atoms with Gasteiger partial charge in [-0.3, -0.25) is 0 Å². The highest BCUT2D eigenvalue weighted by Gasteiger charge is 2.27. The minimum Gasteiger partial charge on any atom is -0.367 e. The maximum atomic E-state index is 11.9. The predicted octanol–water partition coefficient (Wildman–Crippen LogP) is 3.57. The Bertz CT molecular complexity index is 349. The van der Waals surface area contributed by atoms with Crippen LogP contribution in [0.2, 0.25) is 0 Å². The highest BCUT2D eigenvalue weighted by molar-refractivity contribution is 7.11. The second-order valence-corrected chi connectivity index (χ2v) is 5.75. The van der Waals surface area contributed by atoms with Crippen molar-refractivity contribution in [2.75, 3.05) is 13.2 Å². The number of halogens is 3. The number of hydrogen-bond donors (Lipinski definition) is 1. The normalized spacial score (nSPS) is 12.3. The van der Waals surface area contributed by atoms with E-state index in [1.807, 2.05) is 12.1 Å². The van der Waals surface area contributed by atoms with Crippen molar-refractivity contribution in [3.8, 4) is 0 Å². The van der Waals surface area contributed by atoms with Gasteiger partial charge in [0.1, 0.15) is 6.61 Å². The molecule has 0 aromatic carbocycles. The van der Waals surface area contributed by atoms with E-state index in [1.54, 1.807) is 0 Å². The van der Waals surface area contributed by atoms with Crippen LogP contribution in [0, 0.1) is 5.92 Å². The lowest BCUT2D eigenvalue weighted by Crippen LogP contribution is -2.18. The van der Waals surface area contributed by atoms with E-state index in [2.05, 4.69) is 23.9 Å². The van der Waals surface area contributed by atoms with Gasteiger partial charge in [-0.25, -0.2) is 0 Å². The second kappa shape index (κ2) is 7.11. The summed E-state index contributed by atoms with van der Waals surface area (Å²) in [6.07, 6.45) is -4.25. The average Bonchev–Trinajstić information content (AvgIpc) is 2.63. The Balaban J connectivity index is 2.26. The summed E-state index contributed by atoms with van der Waals surface area (Å²) in [6.45, 7) is 4.76. The van der Waals surface area contributed by atoms with Gasteiger partial charge in [0.25, 0.3) is 0 Å². The van der Waals surface area contributed by atoms with Gasteiger partial charge in [-0.1, -0.05) is 13.8 Å². The van der Waals surface area contributed by atoms with E-state index in [0.717, 1.165) is 22.8 Å². The quantitative estimate of drug-likeness (QED) is 0.825. The van der Waals surface area contributed by atoms with Crippen LogP contribution in [0.15, 0.2) is 12.1 Å². The molecule has 104 valence electrons. The third kappa shape index (κ3) is 6.98. The fraction of sp³-hybridized carbons (Fsp3) is 0.667. The van der Waals surface area contributed by atoms with E-state index in [-0.39, 0.29) is 6.61 Å². The molecule has 6 heteroatoms. The van der Waals surface area contributed by atoms with Crippen molar-refractivity contribution >= 4 is 11.3 Å². The molecule has 0 fully saturated rings. The maximum Gasteiger partial charge on any atom is 0.411 e. The van der Waals surface area contributed by atoms with Gasteiger partial charge in [0.15, 0.2) is 0 Å². The highest BCUT2D eigenvalue weighted by Crippen LogP contribution is 2.20. The van der Waals surface area contributed by atoms with E-state index in [9.17, 15) is 13.2 Å². The first-order valence-electron chi connectivity index (χ1n) is 5.79. The summed E-state index contributed by atoms with van der Waals surface area (Å²) in [5, 5.41) is 3.28.